The molecular formula is C11H22O4Ti+2. The monoisotopic (exact) mass is 266 g/mol. The second kappa shape index (κ2) is 19.7. The van der Waals surface area contributed by atoms with Gasteiger partial charge in [-0.2, -0.15) is 0 Å². The van der Waals surface area contributed by atoms with Crippen molar-refractivity contribution in [3.63, 3.8) is 0 Å². The standard InChI is InChI=1S/C5H8O2.C4H6O2.2CH3.Ti/c1-4(6)3-5(2)7;1-4(6)2-3-5;;;/h3,6H,1-2H3;2-3,5H,1H3;2*1H3;/q;;2*-1;+2/p+2/b4-3-;3-2-;;;. The molecule has 0 aromatic heterocycles. The minimum absolute atomic E-state index is 0. The molecule has 0 aliphatic heterocycles. The van der Waals surface area contributed by atoms with Gasteiger partial charge in [0.15, 0.2) is 0 Å². The number of ketones is 2. The van der Waals surface area contributed by atoms with Gasteiger partial charge in [-0.05, 0) is 6.92 Å². The van der Waals surface area contributed by atoms with E-state index in [-0.39, 0.29) is 53.9 Å². The average molecular weight is 266 g/mol. The first kappa shape index (κ1) is 29.4. The van der Waals surface area contributed by atoms with Crippen LogP contribution in [0.3, 0.4) is 0 Å². The molecule has 0 saturated heterocycles. The molecule has 0 unspecified atom stereocenters. The van der Waals surface area contributed by atoms with E-state index in [9.17, 15) is 0 Å². The van der Waals surface area contributed by atoms with E-state index in [0.717, 1.165) is 6.26 Å². The summed E-state index contributed by atoms with van der Waals surface area (Å²) in [4.78, 5) is 16.6. The van der Waals surface area contributed by atoms with Crippen LogP contribution in [0.2, 0.25) is 0 Å². The van der Waals surface area contributed by atoms with E-state index in [1.54, 1.807) is 0 Å². The largest absolute Gasteiger partial charge is 2.00 e. The van der Waals surface area contributed by atoms with Crippen molar-refractivity contribution in [1.29, 1.82) is 0 Å². The summed E-state index contributed by atoms with van der Waals surface area (Å²) in [6, 6.07) is 0. The van der Waals surface area contributed by atoms with Gasteiger partial charge >= 0.3 is 33.3 Å². The molecule has 0 saturated carbocycles. The fourth-order valence-corrected chi connectivity index (χ4v) is 0.410. The molecule has 0 aromatic carbocycles. The number of rotatable bonds is 2. The summed E-state index contributed by atoms with van der Waals surface area (Å²) in [5.41, 5.74) is 0. The Hall–Kier alpha value is -0.866. The van der Waals surface area contributed by atoms with E-state index >= 15 is 0 Å². The van der Waals surface area contributed by atoms with Crippen molar-refractivity contribution in [3.8, 4) is 0 Å². The van der Waals surface area contributed by atoms with Crippen molar-refractivity contribution < 1.29 is 41.5 Å². The van der Waals surface area contributed by atoms with Gasteiger partial charge < -0.3 is 25.1 Å². The minimum Gasteiger partial charge on any atom is -0.515 e. The first-order valence-corrected chi connectivity index (χ1v) is 3.63. The Morgan fingerprint density at radius 3 is 1.38 bits per heavy atom. The zero-order valence-corrected chi connectivity index (χ0v) is 12.1. The summed E-state index contributed by atoms with van der Waals surface area (Å²) in [6.45, 7) is 4.48. The van der Waals surface area contributed by atoms with Gasteiger partial charge in [0.25, 0.3) is 0 Å². The maximum Gasteiger partial charge on any atom is 2.00 e. The van der Waals surface area contributed by atoms with Gasteiger partial charge in [-0.15, -0.1) is 0 Å². The summed E-state index contributed by atoms with van der Waals surface area (Å²) in [5.74, 6) is 0.359. The summed E-state index contributed by atoms with van der Waals surface area (Å²) in [7, 11) is 0. The van der Waals surface area contributed by atoms with Crippen LogP contribution in [0, 0.1) is 14.9 Å². The SMILES string of the molecule is CC(=[OH+])/C=C(/C)O.CC(=[OH+])/C=C\O.[CH3-].[CH3-].[Ti+2]. The molecule has 4 nitrogen and oxygen atoms in total. The second-order valence-corrected chi connectivity index (χ2v) is 2.38. The third kappa shape index (κ3) is 51.4. The molecule has 0 spiro atoms. The first-order chi connectivity index (χ1) is 5.90. The van der Waals surface area contributed by atoms with Gasteiger partial charge in [-0.3, -0.25) is 9.59 Å². The summed E-state index contributed by atoms with van der Waals surface area (Å²) < 4.78 is 0. The summed E-state index contributed by atoms with van der Waals surface area (Å²) >= 11 is 0. The quantitative estimate of drug-likeness (QED) is 0.264. The van der Waals surface area contributed by atoms with Gasteiger partial charge in [0.1, 0.15) is 0 Å². The van der Waals surface area contributed by atoms with Crippen LogP contribution in [0.5, 0.6) is 0 Å². The van der Waals surface area contributed by atoms with Crippen LogP contribution in [0.15, 0.2) is 24.2 Å². The van der Waals surface area contributed by atoms with Crippen molar-refractivity contribution >= 4 is 11.6 Å². The molecule has 0 aliphatic carbocycles. The van der Waals surface area contributed by atoms with Crippen molar-refractivity contribution in [1.82, 2.24) is 0 Å². The third-order valence-electron chi connectivity index (χ3n) is 0.734. The maximum atomic E-state index is 8.40. The molecule has 0 rings (SSSR count). The number of carbonyl (C=O) groups excluding carboxylic acids is 2. The fraction of sp³-hybridized carbons (Fsp3) is 0.273. The van der Waals surface area contributed by atoms with Crippen LogP contribution in [0.25, 0.3) is 0 Å². The number of aliphatic hydroxyl groups is 2. The molecule has 92 valence electrons. The predicted molar refractivity (Wildman–Crippen MR) is 66.2 cm³/mol. The Balaban J connectivity index is -0.0000000428. The predicted octanol–water partition coefficient (Wildman–Crippen LogP) is 2.53. The van der Waals surface area contributed by atoms with Gasteiger partial charge in [-0.1, -0.05) is 0 Å². The number of hydrogen-bond acceptors (Lipinski definition) is 2. The number of hydrogen-bond donors (Lipinski definition) is 2. The zero-order valence-electron chi connectivity index (χ0n) is 10.5. The molecule has 0 heterocycles. The molecule has 0 bridgehead atoms. The molecule has 4 N–H and O–H groups in total. The molecule has 0 aliphatic rings. The summed E-state index contributed by atoms with van der Waals surface area (Å²) in [5, 5.41) is 16.3. The van der Waals surface area contributed by atoms with Crippen molar-refractivity contribution in [2.45, 2.75) is 20.8 Å². The van der Waals surface area contributed by atoms with E-state index in [1.165, 1.54) is 32.9 Å². The van der Waals surface area contributed by atoms with Gasteiger partial charge in [0.05, 0.1) is 38.0 Å². The van der Waals surface area contributed by atoms with Crippen LogP contribution >= 0.6 is 0 Å². The molecule has 5 heteroatoms. The third-order valence-corrected chi connectivity index (χ3v) is 0.734. The fourth-order valence-electron chi connectivity index (χ4n) is 0.410. The molecule has 0 radical (unpaired) electrons. The van der Waals surface area contributed by atoms with Gasteiger partial charge in [0, 0.05) is 0 Å². The van der Waals surface area contributed by atoms with Crippen LogP contribution in [0.4, 0.5) is 0 Å². The van der Waals surface area contributed by atoms with E-state index in [4.69, 9.17) is 19.8 Å². The van der Waals surface area contributed by atoms with Gasteiger partial charge in [-0.25, -0.2) is 0 Å². The van der Waals surface area contributed by atoms with Gasteiger partial charge in [0.2, 0.25) is 0 Å². The summed E-state index contributed by atoms with van der Waals surface area (Å²) in [6.07, 6.45) is 3.26. The minimum atomic E-state index is 0. The topological polar surface area (TPSA) is 83.3 Å². The normalized spacial score (nSPS) is 8.56. The van der Waals surface area contributed by atoms with Crippen molar-refractivity contribution in [2.75, 3.05) is 0 Å². The molecule has 16 heavy (non-hydrogen) atoms. The van der Waals surface area contributed by atoms with E-state index in [1.807, 2.05) is 0 Å². The molecule has 0 amide bonds. The van der Waals surface area contributed by atoms with Crippen LogP contribution in [-0.2, 0) is 21.7 Å². The molecule has 0 atom stereocenters. The van der Waals surface area contributed by atoms with E-state index in [2.05, 4.69) is 0 Å². The number of aliphatic hydroxyl groups excluding tert-OH is 2. The molecular weight excluding hydrogens is 244 g/mol. The zero-order chi connectivity index (χ0) is 10.9. The van der Waals surface area contributed by atoms with Crippen LogP contribution < -0.4 is 0 Å². The maximum absolute atomic E-state index is 8.40. The Bertz CT molecular complexity index is 228. The van der Waals surface area contributed by atoms with Crippen molar-refractivity contribution in [3.05, 3.63) is 39.0 Å². The second-order valence-electron chi connectivity index (χ2n) is 2.38. The Labute approximate surface area is 113 Å². The molecule has 0 aromatic rings. The van der Waals surface area contributed by atoms with Crippen molar-refractivity contribution in [2.24, 2.45) is 0 Å². The van der Waals surface area contributed by atoms with E-state index in [0.29, 0.717) is 0 Å². The first-order valence-electron chi connectivity index (χ1n) is 3.63. The van der Waals surface area contributed by atoms with Crippen LogP contribution in [-0.4, -0.2) is 31.4 Å². The Morgan fingerprint density at radius 1 is 1.00 bits per heavy atom. The Kier molecular flexibility index (Phi) is 36.2. The number of allylic oxidation sites excluding steroid dienone is 3. The Morgan fingerprint density at radius 2 is 1.38 bits per heavy atom. The average Bonchev–Trinajstić information content (AvgIpc) is 1.83. The molecule has 0 fully saturated rings. The van der Waals surface area contributed by atoms with Crippen LogP contribution in [0.1, 0.15) is 20.8 Å². The smallest absolute Gasteiger partial charge is 0.515 e. The van der Waals surface area contributed by atoms with E-state index < -0.39 is 0 Å².